The van der Waals surface area contributed by atoms with Gasteiger partial charge in [0.15, 0.2) is 0 Å². The summed E-state index contributed by atoms with van der Waals surface area (Å²) in [6.45, 7) is 4.41. The average molecular weight is 264 g/mol. The number of nitrogens with zero attached hydrogens (tertiary/aromatic N) is 1. The molecule has 0 atom stereocenters. The van der Waals surface area contributed by atoms with Crippen molar-refractivity contribution in [1.29, 1.82) is 0 Å². The summed E-state index contributed by atoms with van der Waals surface area (Å²) in [5.41, 5.74) is 8.22. The van der Waals surface area contributed by atoms with Crippen LogP contribution in [0.3, 0.4) is 0 Å². The number of hydrogen-bond donors (Lipinski definition) is 3. The Bertz CT molecular complexity index is 420. The second-order valence-corrected chi connectivity index (χ2v) is 4.51. The highest BCUT2D eigenvalue weighted by atomic mass is 16.1. The monoisotopic (exact) mass is 264 g/mol. The van der Waals surface area contributed by atoms with E-state index in [0.29, 0.717) is 17.8 Å². The fourth-order valence-electron chi connectivity index (χ4n) is 1.92. The lowest BCUT2D eigenvalue weighted by molar-refractivity contribution is 0.0956. The number of nitrogen functional groups attached to an aromatic ring is 1. The van der Waals surface area contributed by atoms with Crippen LogP contribution in [0.4, 0.5) is 11.4 Å². The first-order chi connectivity index (χ1) is 9.10. The molecule has 1 aromatic carbocycles. The van der Waals surface area contributed by atoms with Gasteiger partial charge in [0.1, 0.15) is 0 Å². The molecule has 0 fully saturated rings. The quantitative estimate of drug-likeness (QED) is 0.509. The van der Waals surface area contributed by atoms with E-state index in [1.165, 1.54) is 0 Å². The predicted octanol–water partition coefficient (Wildman–Crippen LogP) is 1.06. The Morgan fingerprint density at radius 1 is 1.42 bits per heavy atom. The summed E-state index contributed by atoms with van der Waals surface area (Å²) in [5.74, 6) is -0.0846. The van der Waals surface area contributed by atoms with E-state index in [2.05, 4.69) is 15.5 Å². The van der Waals surface area contributed by atoms with Gasteiger partial charge in [-0.25, -0.2) is 0 Å². The molecule has 0 saturated heterocycles. The second kappa shape index (κ2) is 7.63. The maximum absolute atomic E-state index is 11.7. The fourth-order valence-corrected chi connectivity index (χ4v) is 1.92. The summed E-state index contributed by atoms with van der Waals surface area (Å²) in [5, 5.41) is 5.88. The molecule has 0 aliphatic rings. The third-order valence-corrected chi connectivity index (χ3v) is 2.96. The van der Waals surface area contributed by atoms with Crippen LogP contribution in [0.15, 0.2) is 18.2 Å². The Kier molecular flexibility index (Phi) is 6.15. The van der Waals surface area contributed by atoms with E-state index in [1.54, 1.807) is 6.07 Å². The van der Waals surface area contributed by atoms with Crippen LogP contribution in [0.1, 0.15) is 23.7 Å². The Balaban J connectivity index is 2.73. The molecule has 1 rings (SSSR count). The second-order valence-electron chi connectivity index (χ2n) is 4.51. The largest absolute Gasteiger partial charge is 0.397 e. The molecule has 5 nitrogen and oxygen atoms in total. The Morgan fingerprint density at radius 3 is 2.74 bits per heavy atom. The number of hydrogen-bond acceptors (Lipinski definition) is 4. The van der Waals surface area contributed by atoms with Gasteiger partial charge >= 0.3 is 0 Å². The highest BCUT2D eigenvalue weighted by molar-refractivity contribution is 5.96. The van der Waals surface area contributed by atoms with Crippen molar-refractivity contribution in [3.05, 3.63) is 23.8 Å². The topological polar surface area (TPSA) is 70.4 Å². The summed E-state index contributed by atoms with van der Waals surface area (Å²) >= 11 is 0. The molecule has 4 N–H and O–H groups in total. The van der Waals surface area contributed by atoms with E-state index in [9.17, 15) is 4.79 Å². The third-order valence-electron chi connectivity index (χ3n) is 2.96. The van der Waals surface area contributed by atoms with Crippen molar-refractivity contribution in [2.45, 2.75) is 13.3 Å². The smallest absolute Gasteiger partial charge is 0.251 e. The first kappa shape index (κ1) is 15.3. The molecule has 0 radical (unpaired) electrons. The van der Waals surface area contributed by atoms with E-state index in [4.69, 9.17) is 5.73 Å². The van der Waals surface area contributed by atoms with Crippen LogP contribution < -0.4 is 21.3 Å². The summed E-state index contributed by atoms with van der Waals surface area (Å²) in [4.78, 5) is 13.8. The number of nitrogens with two attached hydrogens (primary N) is 1. The van der Waals surface area contributed by atoms with Gasteiger partial charge in [-0.3, -0.25) is 4.79 Å². The van der Waals surface area contributed by atoms with E-state index < -0.39 is 0 Å². The van der Waals surface area contributed by atoms with Crippen LogP contribution in [0.25, 0.3) is 0 Å². The zero-order valence-corrected chi connectivity index (χ0v) is 12.0. The van der Waals surface area contributed by atoms with Crippen LogP contribution in [0.2, 0.25) is 0 Å². The maximum Gasteiger partial charge on any atom is 0.251 e. The molecule has 19 heavy (non-hydrogen) atoms. The van der Waals surface area contributed by atoms with E-state index in [1.807, 2.05) is 33.2 Å². The molecule has 0 heterocycles. The summed E-state index contributed by atoms with van der Waals surface area (Å²) in [7, 11) is 3.95. The Hall–Kier alpha value is -1.75. The Labute approximate surface area is 115 Å². The van der Waals surface area contributed by atoms with Gasteiger partial charge in [0.05, 0.1) is 11.4 Å². The van der Waals surface area contributed by atoms with Crippen molar-refractivity contribution in [3.63, 3.8) is 0 Å². The van der Waals surface area contributed by atoms with Crippen LogP contribution in [-0.2, 0) is 0 Å². The van der Waals surface area contributed by atoms with Crippen molar-refractivity contribution in [1.82, 2.24) is 10.6 Å². The highest BCUT2D eigenvalue weighted by Gasteiger charge is 2.09. The number of benzene rings is 1. The van der Waals surface area contributed by atoms with Crippen molar-refractivity contribution in [2.75, 3.05) is 44.4 Å². The molecule has 0 aromatic heterocycles. The molecular formula is C14H24N4O. The van der Waals surface area contributed by atoms with Gasteiger partial charge < -0.3 is 21.3 Å². The summed E-state index contributed by atoms with van der Waals surface area (Å²) in [6.07, 6.45) is 1.05. The minimum atomic E-state index is -0.0846. The summed E-state index contributed by atoms with van der Waals surface area (Å²) < 4.78 is 0. The average Bonchev–Trinajstić information content (AvgIpc) is 2.39. The van der Waals surface area contributed by atoms with E-state index >= 15 is 0 Å². The molecule has 0 spiro atoms. The number of rotatable bonds is 7. The van der Waals surface area contributed by atoms with Crippen molar-refractivity contribution < 1.29 is 4.79 Å². The number of anilines is 2. The third kappa shape index (κ3) is 4.44. The molecule has 106 valence electrons. The predicted molar refractivity (Wildman–Crippen MR) is 80.7 cm³/mol. The first-order valence-electron chi connectivity index (χ1n) is 6.63. The maximum atomic E-state index is 11.7. The van der Waals surface area contributed by atoms with Gasteiger partial charge in [-0.05, 0) is 45.1 Å². The minimum absolute atomic E-state index is 0.0846. The number of amides is 1. The SMILES string of the molecule is CCNC(=O)c1ccc(N(C)CCCNC)c(N)c1. The molecule has 0 aliphatic heterocycles. The van der Waals surface area contributed by atoms with E-state index in [0.717, 1.165) is 25.2 Å². The minimum Gasteiger partial charge on any atom is -0.397 e. The van der Waals surface area contributed by atoms with Crippen molar-refractivity contribution in [2.24, 2.45) is 0 Å². The van der Waals surface area contributed by atoms with Crippen LogP contribution >= 0.6 is 0 Å². The summed E-state index contributed by atoms with van der Waals surface area (Å²) in [6, 6.07) is 5.44. The van der Waals surface area contributed by atoms with Gasteiger partial charge in [0.25, 0.3) is 5.91 Å². The van der Waals surface area contributed by atoms with Crippen LogP contribution in [0.5, 0.6) is 0 Å². The molecular weight excluding hydrogens is 240 g/mol. The van der Waals surface area contributed by atoms with Crippen LogP contribution in [-0.4, -0.2) is 39.6 Å². The lowest BCUT2D eigenvalue weighted by Crippen LogP contribution is -2.24. The molecule has 0 bridgehead atoms. The fraction of sp³-hybridized carbons (Fsp3) is 0.500. The highest BCUT2D eigenvalue weighted by Crippen LogP contribution is 2.23. The molecule has 5 heteroatoms. The number of nitrogens with one attached hydrogen (secondary N) is 2. The zero-order chi connectivity index (χ0) is 14.3. The van der Waals surface area contributed by atoms with Gasteiger partial charge in [0, 0.05) is 25.7 Å². The first-order valence-corrected chi connectivity index (χ1v) is 6.63. The number of carbonyl (C=O) groups is 1. The van der Waals surface area contributed by atoms with E-state index in [-0.39, 0.29) is 5.91 Å². The molecule has 1 amide bonds. The molecule has 1 aromatic rings. The van der Waals surface area contributed by atoms with Crippen LogP contribution in [0, 0.1) is 0 Å². The lowest BCUT2D eigenvalue weighted by atomic mass is 10.1. The van der Waals surface area contributed by atoms with Gasteiger partial charge in [-0.2, -0.15) is 0 Å². The van der Waals surface area contributed by atoms with Gasteiger partial charge in [-0.15, -0.1) is 0 Å². The lowest BCUT2D eigenvalue weighted by Gasteiger charge is -2.21. The number of carbonyl (C=O) groups excluding carboxylic acids is 1. The van der Waals surface area contributed by atoms with Gasteiger partial charge in [0.2, 0.25) is 0 Å². The van der Waals surface area contributed by atoms with Gasteiger partial charge in [-0.1, -0.05) is 0 Å². The standard InChI is InChI=1S/C14H24N4O/c1-4-17-14(19)11-6-7-13(12(15)10-11)18(3)9-5-8-16-2/h6-7,10,16H,4-5,8-9,15H2,1-3H3,(H,17,19). The molecule has 0 unspecified atom stereocenters. The van der Waals surface area contributed by atoms with Crippen molar-refractivity contribution in [3.8, 4) is 0 Å². The molecule has 0 saturated carbocycles. The van der Waals surface area contributed by atoms with Crippen molar-refractivity contribution >= 4 is 17.3 Å². The normalized spacial score (nSPS) is 10.3. The Morgan fingerprint density at radius 2 is 2.16 bits per heavy atom. The molecule has 0 aliphatic carbocycles. The zero-order valence-electron chi connectivity index (χ0n) is 12.0.